The van der Waals surface area contributed by atoms with Crippen molar-refractivity contribution in [3.63, 3.8) is 0 Å². The number of alkyl halides is 3. The summed E-state index contributed by atoms with van der Waals surface area (Å²) in [5.74, 6) is 0. The standard InChI is InChI=1S/C59H31F3N6/c60-59(61,62)52-27-36(32-63)17-22-45(52)40-19-24-49(58(31-40)68-54-16-8-6-14-47(54)51-30-39(21-26-56(51)68)44-12-4-2-10-42(44)35-66)48-23-18-37(33-64)28-57(48)67-53-15-7-5-13-46(53)50-29-38(20-25-55(50)67)43-11-3-1-9-41(43)34-65/h1-31H. The van der Waals surface area contributed by atoms with Crippen LogP contribution in [0.3, 0.4) is 0 Å². The topological polar surface area (TPSA) is 105 Å². The van der Waals surface area contributed by atoms with Crippen LogP contribution in [0.15, 0.2) is 188 Å². The molecule has 9 aromatic carbocycles. The largest absolute Gasteiger partial charge is 0.417 e. The Kier molecular flexibility index (Phi) is 9.72. The molecule has 11 rings (SSSR count). The zero-order chi connectivity index (χ0) is 46.7. The van der Waals surface area contributed by atoms with E-state index in [1.165, 1.54) is 12.1 Å². The SMILES string of the molecule is N#Cc1ccc(-c2ccc(-c3ccc(C#N)cc3C(F)(F)F)cc2-n2c3ccccc3c3cc(-c4ccccc4C#N)ccc32)c(-n2c3ccccc3c3cc(-c4ccccc4C#N)ccc32)c1. The Morgan fingerprint density at radius 1 is 0.338 bits per heavy atom. The summed E-state index contributed by atoms with van der Waals surface area (Å²) in [7, 11) is 0. The number of fused-ring (bicyclic) bond motifs is 6. The van der Waals surface area contributed by atoms with Crippen LogP contribution in [0.1, 0.15) is 27.8 Å². The number of aromatic nitrogens is 2. The molecule has 0 aliphatic carbocycles. The highest BCUT2D eigenvalue weighted by Gasteiger charge is 2.34. The lowest BCUT2D eigenvalue weighted by atomic mass is 9.93. The van der Waals surface area contributed by atoms with Crippen molar-refractivity contribution in [2.45, 2.75) is 6.18 Å². The Morgan fingerprint density at radius 3 is 1.26 bits per heavy atom. The van der Waals surface area contributed by atoms with Crippen molar-refractivity contribution in [1.82, 2.24) is 9.13 Å². The number of halogens is 3. The highest BCUT2D eigenvalue weighted by molar-refractivity contribution is 6.13. The first-order valence-corrected chi connectivity index (χ1v) is 21.6. The molecule has 0 radical (unpaired) electrons. The molecule has 0 fully saturated rings. The molecule has 0 bridgehead atoms. The Bertz CT molecular complexity index is 4090. The fourth-order valence-corrected chi connectivity index (χ4v) is 9.69. The summed E-state index contributed by atoms with van der Waals surface area (Å²) in [4.78, 5) is 0. The highest BCUT2D eigenvalue weighted by atomic mass is 19.4. The maximum absolute atomic E-state index is 14.9. The second-order valence-electron chi connectivity index (χ2n) is 16.4. The Balaban J connectivity index is 1.23. The number of nitriles is 4. The summed E-state index contributed by atoms with van der Waals surface area (Å²) in [5, 5.41) is 43.7. The van der Waals surface area contributed by atoms with Crippen LogP contribution in [0.4, 0.5) is 13.2 Å². The predicted molar refractivity (Wildman–Crippen MR) is 261 cm³/mol. The van der Waals surface area contributed by atoms with Gasteiger partial charge in [0.05, 0.1) is 85.5 Å². The molecule has 0 spiro atoms. The van der Waals surface area contributed by atoms with E-state index < -0.39 is 11.7 Å². The maximum Gasteiger partial charge on any atom is 0.417 e. The second kappa shape index (κ2) is 16.1. The first-order valence-electron chi connectivity index (χ1n) is 21.6. The van der Waals surface area contributed by atoms with Crippen molar-refractivity contribution in [1.29, 1.82) is 21.0 Å². The molecule has 2 aromatic heterocycles. The van der Waals surface area contributed by atoms with Gasteiger partial charge in [0.25, 0.3) is 0 Å². The van der Waals surface area contributed by atoms with Crippen LogP contribution < -0.4 is 0 Å². The number of hydrogen-bond donors (Lipinski definition) is 0. The molecule has 0 unspecified atom stereocenters. The van der Waals surface area contributed by atoms with Gasteiger partial charge in [0, 0.05) is 32.7 Å². The van der Waals surface area contributed by atoms with Gasteiger partial charge in [-0.15, -0.1) is 0 Å². The van der Waals surface area contributed by atoms with Gasteiger partial charge < -0.3 is 9.13 Å². The van der Waals surface area contributed by atoms with Crippen LogP contribution in [-0.2, 0) is 6.18 Å². The summed E-state index contributed by atoms with van der Waals surface area (Å²) in [6.07, 6.45) is -4.77. The van der Waals surface area contributed by atoms with Gasteiger partial charge in [-0.3, -0.25) is 0 Å². The quantitative estimate of drug-likeness (QED) is 0.166. The molecule has 0 amide bonds. The molecule has 6 nitrogen and oxygen atoms in total. The zero-order valence-electron chi connectivity index (χ0n) is 35.7. The number of rotatable bonds is 6. The van der Waals surface area contributed by atoms with Crippen molar-refractivity contribution in [2.75, 3.05) is 0 Å². The summed E-state index contributed by atoms with van der Waals surface area (Å²) in [6, 6.07) is 65.9. The van der Waals surface area contributed by atoms with Gasteiger partial charge in [-0.25, -0.2) is 0 Å². The van der Waals surface area contributed by atoms with Gasteiger partial charge in [-0.05, 0) is 112 Å². The van der Waals surface area contributed by atoms with Gasteiger partial charge in [-0.2, -0.15) is 34.2 Å². The average Bonchev–Trinajstić information content (AvgIpc) is 3.89. The van der Waals surface area contributed by atoms with Gasteiger partial charge in [0.2, 0.25) is 0 Å². The van der Waals surface area contributed by atoms with Crippen LogP contribution in [0.2, 0.25) is 0 Å². The van der Waals surface area contributed by atoms with Crippen molar-refractivity contribution < 1.29 is 13.2 Å². The minimum Gasteiger partial charge on any atom is -0.309 e. The number of nitrogens with zero attached hydrogens (tertiary/aromatic N) is 6. The predicted octanol–water partition coefficient (Wildman–Crippen LogP) is 15.1. The normalized spacial score (nSPS) is 11.4. The van der Waals surface area contributed by atoms with Crippen LogP contribution in [0, 0.1) is 45.3 Å². The van der Waals surface area contributed by atoms with Crippen molar-refractivity contribution in [2.24, 2.45) is 0 Å². The second-order valence-corrected chi connectivity index (χ2v) is 16.4. The van der Waals surface area contributed by atoms with E-state index in [0.29, 0.717) is 39.2 Å². The fraction of sp³-hybridized carbons (Fsp3) is 0.0169. The lowest BCUT2D eigenvalue weighted by Crippen LogP contribution is -2.08. The van der Waals surface area contributed by atoms with Gasteiger partial charge >= 0.3 is 6.18 Å². The lowest BCUT2D eigenvalue weighted by Gasteiger charge is -2.21. The van der Waals surface area contributed by atoms with E-state index in [-0.39, 0.29) is 16.7 Å². The lowest BCUT2D eigenvalue weighted by molar-refractivity contribution is -0.137. The highest BCUT2D eigenvalue weighted by Crippen LogP contribution is 2.45. The van der Waals surface area contributed by atoms with E-state index in [4.69, 9.17) is 0 Å². The van der Waals surface area contributed by atoms with Crippen LogP contribution in [0.5, 0.6) is 0 Å². The van der Waals surface area contributed by atoms with Gasteiger partial charge in [0.1, 0.15) is 0 Å². The molecule has 0 saturated heterocycles. The van der Waals surface area contributed by atoms with E-state index in [0.717, 1.165) is 71.9 Å². The molecule has 0 saturated carbocycles. The monoisotopic (exact) mass is 880 g/mol. The van der Waals surface area contributed by atoms with Crippen LogP contribution in [0.25, 0.3) is 99.5 Å². The van der Waals surface area contributed by atoms with Gasteiger partial charge in [0.15, 0.2) is 0 Å². The molecule has 0 N–H and O–H groups in total. The van der Waals surface area contributed by atoms with Gasteiger partial charge in [-0.1, -0.05) is 109 Å². The first kappa shape index (κ1) is 41.1. The smallest absolute Gasteiger partial charge is 0.309 e. The molecule has 0 atom stereocenters. The first-order chi connectivity index (χ1) is 33.2. The molecule has 2 heterocycles. The molecular formula is C59H31F3N6. The minimum absolute atomic E-state index is 0.0864. The van der Waals surface area contributed by atoms with E-state index in [2.05, 4.69) is 33.4 Å². The Morgan fingerprint density at radius 2 is 0.750 bits per heavy atom. The molecule has 0 aliphatic rings. The van der Waals surface area contributed by atoms with E-state index in [1.807, 2.05) is 140 Å². The zero-order valence-corrected chi connectivity index (χ0v) is 35.7. The van der Waals surface area contributed by atoms with E-state index in [1.54, 1.807) is 30.3 Å². The maximum atomic E-state index is 14.9. The Hall–Kier alpha value is -9.67. The summed E-state index contributed by atoms with van der Waals surface area (Å²) >= 11 is 0. The van der Waals surface area contributed by atoms with Crippen molar-refractivity contribution in [3.05, 3.63) is 216 Å². The molecule has 11 aromatic rings. The number of para-hydroxylation sites is 2. The summed E-state index contributed by atoms with van der Waals surface area (Å²) in [6.45, 7) is 0. The van der Waals surface area contributed by atoms with Crippen molar-refractivity contribution >= 4 is 43.6 Å². The third-order valence-electron chi connectivity index (χ3n) is 12.7. The van der Waals surface area contributed by atoms with E-state index in [9.17, 15) is 34.2 Å². The van der Waals surface area contributed by atoms with E-state index >= 15 is 0 Å². The molecule has 68 heavy (non-hydrogen) atoms. The Labute approximate surface area is 387 Å². The summed E-state index contributed by atoms with van der Waals surface area (Å²) < 4.78 is 49.0. The number of benzene rings is 9. The fourth-order valence-electron chi connectivity index (χ4n) is 9.69. The molecule has 0 aliphatic heterocycles. The molecule has 318 valence electrons. The number of hydrogen-bond acceptors (Lipinski definition) is 4. The molecular weight excluding hydrogens is 850 g/mol. The third kappa shape index (κ3) is 6.63. The summed E-state index contributed by atoms with van der Waals surface area (Å²) in [5.41, 5.74) is 9.77. The van der Waals surface area contributed by atoms with Crippen LogP contribution >= 0.6 is 0 Å². The average molecular weight is 881 g/mol. The van der Waals surface area contributed by atoms with Crippen LogP contribution in [-0.4, -0.2) is 9.13 Å². The molecule has 9 heteroatoms. The minimum atomic E-state index is -4.77. The third-order valence-corrected chi connectivity index (χ3v) is 12.7. The van der Waals surface area contributed by atoms with Crippen molar-refractivity contribution in [3.8, 4) is 80.2 Å².